The Balaban J connectivity index is 2.00. The Morgan fingerprint density at radius 2 is 1.81 bits per heavy atom. The molecule has 0 aromatic carbocycles. The van der Waals surface area contributed by atoms with Crippen molar-refractivity contribution in [3.63, 3.8) is 0 Å². The molecule has 1 aliphatic rings. The van der Waals surface area contributed by atoms with Crippen LogP contribution in [-0.4, -0.2) is 59.6 Å². The molecule has 0 saturated carbocycles. The summed E-state index contributed by atoms with van der Waals surface area (Å²) < 4.78 is 4.97. The zero-order chi connectivity index (χ0) is 15.4. The van der Waals surface area contributed by atoms with Gasteiger partial charge in [0.25, 0.3) is 5.91 Å². The summed E-state index contributed by atoms with van der Waals surface area (Å²) in [4.78, 5) is 31.8. The van der Waals surface area contributed by atoms with Crippen LogP contribution >= 0.6 is 0 Å². The van der Waals surface area contributed by atoms with Gasteiger partial charge in [-0.3, -0.25) is 9.78 Å². The number of aryl methyl sites for hydroxylation is 1. The maximum Gasteiger partial charge on any atom is 0.409 e. The van der Waals surface area contributed by atoms with E-state index in [9.17, 15) is 9.59 Å². The molecule has 1 aliphatic heterocycles. The molecule has 0 atom stereocenters. The number of hydrogen-bond acceptors (Lipinski definition) is 4. The molecule has 2 rings (SSSR count). The highest BCUT2D eigenvalue weighted by atomic mass is 16.6. The van der Waals surface area contributed by atoms with E-state index in [2.05, 4.69) is 4.98 Å². The summed E-state index contributed by atoms with van der Waals surface area (Å²) in [6.45, 7) is 8.02. The fourth-order valence-corrected chi connectivity index (χ4v) is 2.35. The highest BCUT2D eigenvalue weighted by Gasteiger charge is 2.26. The van der Waals surface area contributed by atoms with Gasteiger partial charge in [-0.2, -0.15) is 0 Å². The number of piperazine rings is 1. The molecule has 0 spiro atoms. The van der Waals surface area contributed by atoms with Crippen molar-refractivity contribution < 1.29 is 14.3 Å². The molecule has 1 aromatic heterocycles. The average Bonchev–Trinajstić information content (AvgIpc) is 2.50. The number of hydrogen-bond donors (Lipinski definition) is 0. The first kappa shape index (κ1) is 15.3. The second kappa shape index (κ2) is 6.56. The van der Waals surface area contributed by atoms with Crippen LogP contribution in [0.4, 0.5) is 4.79 Å². The first-order chi connectivity index (χ1) is 10.0. The lowest BCUT2D eigenvalue weighted by atomic mass is 10.1. The Hall–Kier alpha value is -2.11. The van der Waals surface area contributed by atoms with Crippen LogP contribution in [0.15, 0.2) is 12.3 Å². The number of ether oxygens (including phenoxy) is 1. The Labute approximate surface area is 124 Å². The van der Waals surface area contributed by atoms with Crippen LogP contribution in [0.3, 0.4) is 0 Å². The topological polar surface area (TPSA) is 62.7 Å². The van der Waals surface area contributed by atoms with Crippen molar-refractivity contribution in [3.05, 3.63) is 29.1 Å². The highest BCUT2D eigenvalue weighted by Crippen LogP contribution is 2.14. The summed E-state index contributed by atoms with van der Waals surface area (Å²) in [5.41, 5.74) is 2.47. The van der Waals surface area contributed by atoms with Gasteiger partial charge in [-0.1, -0.05) is 0 Å². The summed E-state index contributed by atoms with van der Waals surface area (Å²) in [7, 11) is 0. The molecule has 6 nitrogen and oxygen atoms in total. The number of carbonyl (C=O) groups is 2. The van der Waals surface area contributed by atoms with Crippen LogP contribution in [-0.2, 0) is 4.74 Å². The lowest BCUT2D eigenvalue weighted by Gasteiger charge is -2.34. The number of rotatable bonds is 2. The van der Waals surface area contributed by atoms with E-state index >= 15 is 0 Å². The minimum atomic E-state index is -0.305. The predicted octanol–water partition coefficient (Wildman–Crippen LogP) is 1.61. The number of amides is 2. The van der Waals surface area contributed by atoms with Crippen LogP contribution < -0.4 is 0 Å². The standard InChI is InChI=1S/C15H21N3O3/c1-4-21-15(20)18-9-7-17(8-10-18)14(19)13-5-6-16-12(3)11(13)2/h5-6H,4,7-10H2,1-3H3. The van der Waals surface area contributed by atoms with E-state index in [1.54, 1.807) is 29.0 Å². The van der Waals surface area contributed by atoms with Gasteiger partial charge in [-0.15, -0.1) is 0 Å². The van der Waals surface area contributed by atoms with E-state index in [0.29, 0.717) is 38.3 Å². The Bertz CT molecular complexity index is 537. The summed E-state index contributed by atoms with van der Waals surface area (Å²) in [6.07, 6.45) is 1.35. The Morgan fingerprint density at radius 1 is 1.19 bits per heavy atom. The molecule has 0 N–H and O–H groups in total. The summed E-state index contributed by atoms with van der Waals surface area (Å²) >= 11 is 0. The molecule has 0 unspecified atom stereocenters. The molecule has 1 aromatic rings. The first-order valence-corrected chi connectivity index (χ1v) is 7.17. The van der Waals surface area contributed by atoms with E-state index in [1.165, 1.54) is 0 Å². The van der Waals surface area contributed by atoms with Crippen LogP contribution in [0, 0.1) is 13.8 Å². The second-order valence-electron chi connectivity index (χ2n) is 5.05. The van der Waals surface area contributed by atoms with Gasteiger partial charge in [-0.05, 0) is 32.4 Å². The average molecular weight is 291 g/mol. The molecule has 21 heavy (non-hydrogen) atoms. The predicted molar refractivity (Wildman–Crippen MR) is 78.2 cm³/mol. The van der Waals surface area contributed by atoms with Crippen LogP contribution in [0.2, 0.25) is 0 Å². The molecule has 6 heteroatoms. The van der Waals surface area contributed by atoms with Crippen molar-refractivity contribution in [3.8, 4) is 0 Å². The van der Waals surface area contributed by atoms with Gasteiger partial charge in [0, 0.05) is 43.6 Å². The van der Waals surface area contributed by atoms with Gasteiger partial charge >= 0.3 is 6.09 Å². The Morgan fingerprint density at radius 3 is 2.43 bits per heavy atom. The molecule has 1 fully saturated rings. The van der Waals surface area contributed by atoms with Crippen LogP contribution in [0.25, 0.3) is 0 Å². The molecular weight excluding hydrogens is 270 g/mol. The second-order valence-corrected chi connectivity index (χ2v) is 5.05. The smallest absolute Gasteiger partial charge is 0.409 e. The van der Waals surface area contributed by atoms with Crippen molar-refractivity contribution in [1.82, 2.24) is 14.8 Å². The highest BCUT2D eigenvalue weighted by molar-refractivity contribution is 5.95. The van der Waals surface area contributed by atoms with E-state index in [0.717, 1.165) is 11.3 Å². The quantitative estimate of drug-likeness (QED) is 0.830. The van der Waals surface area contributed by atoms with Gasteiger partial charge in [0.1, 0.15) is 0 Å². The van der Waals surface area contributed by atoms with Gasteiger partial charge in [0.15, 0.2) is 0 Å². The van der Waals surface area contributed by atoms with Crippen molar-refractivity contribution >= 4 is 12.0 Å². The zero-order valence-electron chi connectivity index (χ0n) is 12.8. The van der Waals surface area contributed by atoms with Crippen molar-refractivity contribution in [1.29, 1.82) is 0 Å². The first-order valence-electron chi connectivity index (χ1n) is 7.17. The number of carbonyl (C=O) groups excluding carboxylic acids is 2. The van der Waals surface area contributed by atoms with Crippen LogP contribution in [0.1, 0.15) is 28.5 Å². The fraction of sp³-hybridized carbons (Fsp3) is 0.533. The molecule has 114 valence electrons. The third-order valence-corrected chi connectivity index (χ3v) is 3.78. The molecule has 0 aliphatic carbocycles. The summed E-state index contributed by atoms with van der Waals surface area (Å²) in [5.74, 6) is 0.00140. The van der Waals surface area contributed by atoms with E-state index in [4.69, 9.17) is 4.74 Å². The van der Waals surface area contributed by atoms with Gasteiger partial charge in [0.05, 0.1) is 6.61 Å². The lowest BCUT2D eigenvalue weighted by Crippen LogP contribution is -2.50. The SMILES string of the molecule is CCOC(=O)N1CCN(C(=O)c2ccnc(C)c2C)CC1. The third-order valence-electron chi connectivity index (χ3n) is 3.78. The van der Waals surface area contributed by atoms with Crippen molar-refractivity contribution in [2.45, 2.75) is 20.8 Å². The van der Waals surface area contributed by atoms with Crippen molar-refractivity contribution in [2.24, 2.45) is 0 Å². The van der Waals surface area contributed by atoms with E-state index in [1.807, 2.05) is 13.8 Å². The normalized spacial score (nSPS) is 15.0. The van der Waals surface area contributed by atoms with Gasteiger partial charge < -0.3 is 14.5 Å². The molecule has 2 heterocycles. The third kappa shape index (κ3) is 3.32. The maximum atomic E-state index is 12.5. The molecule has 0 bridgehead atoms. The summed E-state index contributed by atoms with van der Waals surface area (Å²) in [6, 6.07) is 1.75. The zero-order valence-corrected chi connectivity index (χ0v) is 12.8. The monoisotopic (exact) mass is 291 g/mol. The largest absolute Gasteiger partial charge is 0.450 e. The summed E-state index contributed by atoms with van der Waals surface area (Å²) in [5, 5.41) is 0. The molecule has 1 saturated heterocycles. The number of nitrogens with zero attached hydrogens (tertiary/aromatic N) is 3. The van der Waals surface area contributed by atoms with E-state index in [-0.39, 0.29) is 12.0 Å². The Kier molecular flexibility index (Phi) is 4.77. The molecular formula is C15H21N3O3. The number of pyridine rings is 1. The fourth-order valence-electron chi connectivity index (χ4n) is 2.35. The molecule has 2 amide bonds. The van der Waals surface area contributed by atoms with Crippen LogP contribution in [0.5, 0.6) is 0 Å². The van der Waals surface area contributed by atoms with Gasteiger partial charge in [0.2, 0.25) is 0 Å². The minimum Gasteiger partial charge on any atom is -0.450 e. The van der Waals surface area contributed by atoms with E-state index < -0.39 is 0 Å². The minimum absolute atomic E-state index is 0.00140. The number of aromatic nitrogens is 1. The molecule has 0 radical (unpaired) electrons. The van der Waals surface area contributed by atoms with Crippen molar-refractivity contribution in [2.75, 3.05) is 32.8 Å². The maximum absolute atomic E-state index is 12.5. The van der Waals surface area contributed by atoms with Gasteiger partial charge in [-0.25, -0.2) is 4.79 Å². The lowest BCUT2D eigenvalue weighted by molar-refractivity contribution is 0.0569.